The number of carboxylic acids is 1. The summed E-state index contributed by atoms with van der Waals surface area (Å²) in [6, 6.07) is 2.54. The van der Waals surface area contributed by atoms with Crippen LogP contribution in [-0.2, 0) is 17.4 Å². The summed E-state index contributed by atoms with van der Waals surface area (Å²) in [5.74, 6) is -4.00. The molecule has 0 aliphatic heterocycles. The number of amides is 2. The van der Waals surface area contributed by atoms with Crippen LogP contribution in [0.25, 0.3) is 5.65 Å². The molecule has 0 fully saturated rings. The number of aryl methyl sites for hydroxylation is 1. The first-order valence-electron chi connectivity index (χ1n) is 8.92. The van der Waals surface area contributed by atoms with E-state index < -0.39 is 35.3 Å². The molecule has 174 valence electrons. The molecule has 0 bridgehead atoms. The van der Waals surface area contributed by atoms with E-state index in [-0.39, 0.29) is 45.4 Å². The van der Waals surface area contributed by atoms with E-state index in [1.54, 1.807) is 0 Å². The summed E-state index contributed by atoms with van der Waals surface area (Å²) in [7, 11) is 0. The van der Waals surface area contributed by atoms with E-state index in [1.165, 1.54) is 0 Å². The van der Waals surface area contributed by atoms with Gasteiger partial charge in [-0.15, -0.1) is 0 Å². The predicted octanol–water partition coefficient (Wildman–Crippen LogP) is 3.89. The van der Waals surface area contributed by atoms with Crippen molar-refractivity contribution in [1.82, 2.24) is 20.2 Å². The number of carbonyl (C=O) groups excluding carboxylic acids is 2. The van der Waals surface area contributed by atoms with Gasteiger partial charge in [0.2, 0.25) is 0 Å². The summed E-state index contributed by atoms with van der Waals surface area (Å²) in [5.41, 5.74) is 2.07. The van der Waals surface area contributed by atoms with Crippen molar-refractivity contribution in [1.29, 1.82) is 0 Å². The van der Waals surface area contributed by atoms with Crippen LogP contribution in [0.15, 0.2) is 30.6 Å². The lowest BCUT2D eigenvalue weighted by molar-refractivity contribution is -0.138. The second kappa shape index (κ2) is 9.24. The van der Waals surface area contributed by atoms with Crippen molar-refractivity contribution in [3.8, 4) is 0 Å². The summed E-state index contributed by atoms with van der Waals surface area (Å²) in [6.45, 7) is 0. The quantitative estimate of drug-likeness (QED) is 0.359. The molecular formula is C19H12Cl2F4N4O4. The molecule has 14 heteroatoms. The number of hydrogen-bond donors (Lipinski definition) is 3. The summed E-state index contributed by atoms with van der Waals surface area (Å²) in [4.78, 5) is 39.0. The van der Waals surface area contributed by atoms with Crippen LogP contribution in [0.2, 0.25) is 10.0 Å². The van der Waals surface area contributed by atoms with Crippen molar-refractivity contribution in [2.45, 2.75) is 19.0 Å². The maximum absolute atomic E-state index is 14.2. The van der Waals surface area contributed by atoms with Crippen molar-refractivity contribution in [3.05, 3.63) is 68.8 Å². The Kier molecular flexibility index (Phi) is 6.79. The minimum Gasteiger partial charge on any atom is -0.481 e. The Hall–Kier alpha value is -3.38. The molecule has 0 aliphatic rings. The monoisotopic (exact) mass is 506 g/mol. The highest BCUT2D eigenvalue weighted by Crippen LogP contribution is 2.32. The summed E-state index contributed by atoms with van der Waals surface area (Å²) < 4.78 is 53.8. The third-order valence-electron chi connectivity index (χ3n) is 4.34. The largest absolute Gasteiger partial charge is 0.481 e. The number of nitrogens with one attached hydrogen (secondary N) is 2. The number of carboxylic acid groups (broad SMARTS) is 1. The van der Waals surface area contributed by atoms with Crippen LogP contribution < -0.4 is 10.9 Å². The number of carbonyl (C=O) groups is 3. The number of nitrogens with zero attached hydrogens (tertiary/aromatic N) is 2. The molecular weight excluding hydrogens is 495 g/mol. The maximum atomic E-state index is 14.2. The number of aliphatic carboxylic acids is 1. The Morgan fingerprint density at radius 3 is 2.33 bits per heavy atom. The van der Waals surface area contributed by atoms with E-state index in [1.807, 2.05) is 10.9 Å². The second-order valence-electron chi connectivity index (χ2n) is 6.66. The highest BCUT2D eigenvalue weighted by molar-refractivity contribution is 6.34. The van der Waals surface area contributed by atoms with Gasteiger partial charge in [0.1, 0.15) is 11.5 Å². The molecule has 0 saturated carbocycles. The normalized spacial score (nSPS) is 11.5. The molecule has 2 amide bonds. The molecule has 0 unspecified atom stereocenters. The number of halogens is 6. The lowest BCUT2D eigenvalue weighted by Gasteiger charge is -2.10. The van der Waals surface area contributed by atoms with Crippen LogP contribution in [-0.4, -0.2) is 32.3 Å². The van der Waals surface area contributed by atoms with Gasteiger partial charge in [0, 0.05) is 18.8 Å². The molecule has 3 N–H and O–H groups in total. The van der Waals surface area contributed by atoms with Crippen molar-refractivity contribution >= 4 is 46.6 Å². The highest BCUT2D eigenvalue weighted by Gasteiger charge is 2.32. The van der Waals surface area contributed by atoms with Crippen LogP contribution in [0.4, 0.5) is 17.6 Å². The SMILES string of the molecule is O=C(O)CCc1cc(Cl)c(C(=O)NNC(=O)c2cn3cc(C(F)(F)F)cc(Cl)c3n2)cc1F. The Bertz CT molecular complexity index is 1280. The van der Waals surface area contributed by atoms with Gasteiger partial charge in [-0.1, -0.05) is 23.2 Å². The Balaban J connectivity index is 1.73. The van der Waals surface area contributed by atoms with Gasteiger partial charge in [-0.05, 0) is 30.2 Å². The molecule has 2 heterocycles. The molecule has 3 aromatic rings. The van der Waals surface area contributed by atoms with Crippen LogP contribution >= 0.6 is 23.2 Å². The molecule has 8 nitrogen and oxygen atoms in total. The molecule has 3 rings (SSSR count). The molecule has 1 aromatic carbocycles. The van der Waals surface area contributed by atoms with Crippen molar-refractivity contribution in [2.24, 2.45) is 0 Å². The fourth-order valence-corrected chi connectivity index (χ4v) is 3.29. The number of pyridine rings is 1. The Morgan fingerprint density at radius 1 is 1.03 bits per heavy atom. The average Bonchev–Trinajstić information content (AvgIpc) is 3.16. The van der Waals surface area contributed by atoms with Crippen LogP contribution in [0, 0.1) is 5.82 Å². The zero-order chi connectivity index (χ0) is 24.5. The summed E-state index contributed by atoms with van der Waals surface area (Å²) >= 11 is 11.8. The zero-order valence-corrected chi connectivity index (χ0v) is 17.6. The summed E-state index contributed by atoms with van der Waals surface area (Å²) in [6.07, 6.45) is -3.50. The average molecular weight is 507 g/mol. The first-order valence-corrected chi connectivity index (χ1v) is 9.68. The molecule has 0 aliphatic carbocycles. The minimum atomic E-state index is -4.67. The predicted molar refractivity (Wildman–Crippen MR) is 108 cm³/mol. The number of fused-ring (bicyclic) bond motifs is 1. The molecule has 33 heavy (non-hydrogen) atoms. The van der Waals surface area contributed by atoms with Crippen molar-refractivity contribution in [2.75, 3.05) is 0 Å². The van der Waals surface area contributed by atoms with Gasteiger partial charge < -0.3 is 9.51 Å². The Morgan fingerprint density at radius 2 is 1.70 bits per heavy atom. The number of benzene rings is 1. The van der Waals surface area contributed by atoms with Crippen molar-refractivity contribution in [3.63, 3.8) is 0 Å². The van der Waals surface area contributed by atoms with E-state index in [2.05, 4.69) is 4.98 Å². The summed E-state index contributed by atoms with van der Waals surface area (Å²) in [5, 5.41) is 8.14. The Labute approximate surface area is 192 Å². The van der Waals surface area contributed by atoms with Crippen LogP contribution in [0.3, 0.4) is 0 Å². The standard InChI is InChI=1S/C19H12Cl2F4N4O4/c20-11-3-8(1-2-15(30)31)13(22)5-10(11)17(32)27-28-18(33)14-7-29-6-9(19(23,24)25)4-12(21)16(29)26-14/h3-7H,1-2H2,(H,27,32)(H,28,33)(H,30,31). The number of imidazole rings is 1. The number of hydrazine groups is 1. The minimum absolute atomic E-state index is 0.0113. The zero-order valence-electron chi connectivity index (χ0n) is 16.1. The lowest BCUT2D eigenvalue weighted by Crippen LogP contribution is -2.42. The van der Waals surface area contributed by atoms with E-state index >= 15 is 0 Å². The van der Waals surface area contributed by atoms with Crippen LogP contribution in [0.1, 0.15) is 38.4 Å². The fourth-order valence-electron chi connectivity index (χ4n) is 2.76. The smallest absolute Gasteiger partial charge is 0.417 e. The van der Waals surface area contributed by atoms with Gasteiger partial charge in [0.25, 0.3) is 11.8 Å². The first-order chi connectivity index (χ1) is 15.4. The maximum Gasteiger partial charge on any atom is 0.417 e. The third kappa shape index (κ3) is 5.52. The molecule has 0 saturated heterocycles. The molecule has 0 atom stereocenters. The molecule has 2 aromatic heterocycles. The van der Waals surface area contributed by atoms with Gasteiger partial charge >= 0.3 is 12.1 Å². The number of hydrogen-bond acceptors (Lipinski definition) is 4. The number of alkyl halides is 3. The molecule has 0 radical (unpaired) electrons. The topological polar surface area (TPSA) is 113 Å². The number of aromatic nitrogens is 2. The van der Waals surface area contributed by atoms with E-state index in [0.717, 1.165) is 22.7 Å². The molecule has 0 spiro atoms. The van der Waals surface area contributed by atoms with Gasteiger partial charge in [0.05, 0.1) is 21.2 Å². The third-order valence-corrected chi connectivity index (χ3v) is 4.94. The van der Waals surface area contributed by atoms with Gasteiger partial charge in [-0.2, -0.15) is 13.2 Å². The first kappa shape index (κ1) is 24.3. The number of rotatable bonds is 5. The van der Waals surface area contributed by atoms with Gasteiger partial charge in [-0.3, -0.25) is 25.2 Å². The fraction of sp³-hybridized carbons (Fsp3) is 0.158. The second-order valence-corrected chi connectivity index (χ2v) is 7.47. The van der Waals surface area contributed by atoms with E-state index in [4.69, 9.17) is 28.3 Å². The van der Waals surface area contributed by atoms with Gasteiger partial charge in [-0.25, -0.2) is 9.37 Å². The lowest BCUT2D eigenvalue weighted by atomic mass is 10.1. The van der Waals surface area contributed by atoms with E-state index in [9.17, 15) is 31.9 Å². The van der Waals surface area contributed by atoms with E-state index in [0.29, 0.717) is 12.3 Å². The highest BCUT2D eigenvalue weighted by atomic mass is 35.5. The van der Waals surface area contributed by atoms with Crippen molar-refractivity contribution < 1.29 is 37.1 Å². The van der Waals surface area contributed by atoms with Gasteiger partial charge in [0.15, 0.2) is 5.65 Å². The van der Waals surface area contributed by atoms with Crippen LogP contribution in [0.5, 0.6) is 0 Å².